The summed E-state index contributed by atoms with van der Waals surface area (Å²) >= 11 is 0. The van der Waals surface area contributed by atoms with E-state index in [4.69, 9.17) is 0 Å². The van der Waals surface area contributed by atoms with Gasteiger partial charge in [-0.15, -0.1) is 11.1 Å². The number of nitrogens with zero attached hydrogens (tertiary/aromatic N) is 5. The van der Waals surface area contributed by atoms with Gasteiger partial charge in [0.2, 0.25) is 5.95 Å². The molecule has 3 aliphatic heterocycles. The minimum absolute atomic E-state index is 0.0120. The molecule has 2 aromatic rings. The number of hydrazine groups is 3. The van der Waals surface area contributed by atoms with E-state index in [2.05, 4.69) is 57.0 Å². The Morgan fingerprint density at radius 1 is 1.25 bits per heavy atom. The van der Waals surface area contributed by atoms with E-state index in [1.165, 1.54) is 34.6 Å². The summed E-state index contributed by atoms with van der Waals surface area (Å²) in [5.74, 6) is -1.07. The van der Waals surface area contributed by atoms with E-state index in [-0.39, 0.29) is 29.0 Å². The molecule has 0 spiro atoms. The van der Waals surface area contributed by atoms with Gasteiger partial charge in [-0.3, -0.25) is 4.90 Å². The standard InChI is InChI=1S/C24H31F2N9O/c1-5-14-9-17(25)19(11-20(14)35-23(36)33(4)31-32-35)29-22-27-13-18(26)21(30-22)28-15-10-16-7-6-8-34(16)24(2,3)12-15/h5,9,11,13,15-16,31-32H,1,6-8,10,12H2,2-4H3,(H2,27,28,29,30)/t15-,16+/m1/s1. The van der Waals surface area contributed by atoms with Crippen molar-refractivity contribution >= 4 is 35.2 Å². The highest BCUT2D eigenvalue weighted by atomic mass is 19.1. The number of aromatic nitrogens is 2. The number of carbonyl (C=O) groups excluding carboxylic acids is 1. The molecule has 3 fully saturated rings. The van der Waals surface area contributed by atoms with E-state index >= 15 is 0 Å². The fourth-order valence-electron chi connectivity index (χ4n) is 5.53. The molecule has 0 unspecified atom stereocenters. The number of halogens is 2. The van der Waals surface area contributed by atoms with Crippen molar-refractivity contribution in [3.8, 4) is 0 Å². The number of amides is 2. The number of fused-ring (bicyclic) bond motifs is 1. The number of carbonyl (C=O) groups is 1. The Bertz CT molecular complexity index is 1190. The maximum absolute atomic E-state index is 14.9. The van der Waals surface area contributed by atoms with Crippen molar-refractivity contribution in [1.82, 2.24) is 30.9 Å². The van der Waals surface area contributed by atoms with Crippen LogP contribution < -0.4 is 26.7 Å². The molecule has 1 aromatic carbocycles. The van der Waals surface area contributed by atoms with Crippen LogP contribution in [0.4, 0.5) is 36.7 Å². The molecule has 0 bridgehead atoms. The summed E-state index contributed by atoms with van der Waals surface area (Å²) in [6, 6.07) is 2.83. The van der Waals surface area contributed by atoms with Gasteiger partial charge in [0.05, 0.1) is 17.6 Å². The van der Waals surface area contributed by atoms with Crippen LogP contribution in [0.1, 0.15) is 45.1 Å². The van der Waals surface area contributed by atoms with Crippen molar-refractivity contribution < 1.29 is 13.6 Å². The first-order valence-corrected chi connectivity index (χ1v) is 12.0. The second kappa shape index (κ2) is 9.26. The number of piperidine rings is 1. The monoisotopic (exact) mass is 499 g/mol. The quantitative estimate of drug-likeness (QED) is 0.477. The first-order valence-electron chi connectivity index (χ1n) is 12.0. The van der Waals surface area contributed by atoms with Crippen molar-refractivity contribution in [2.75, 3.05) is 29.2 Å². The summed E-state index contributed by atoms with van der Waals surface area (Å²) in [7, 11) is 1.55. The van der Waals surface area contributed by atoms with Crippen LogP contribution in [0.15, 0.2) is 24.9 Å². The molecule has 1 aromatic heterocycles. The lowest BCUT2D eigenvalue weighted by atomic mass is 9.84. The molecule has 3 aliphatic rings. The molecule has 12 heteroatoms. The summed E-state index contributed by atoms with van der Waals surface area (Å²) in [4.78, 5) is 23.3. The van der Waals surface area contributed by atoms with Crippen LogP contribution in [0.5, 0.6) is 0 Å². The fourth-order valence-corrected chi connectivity index (χ4v) is 5.53. The van der Waals surface area contributed by atoms with Gasteiger partial charge in [-0.1, -0.05) is 12.7 Å². The number of anilines is 4. The third kappa shape index (κ3) is 4.47. The molecule has 4 N–H and O–H groups in total. The average molecular weight is 500 g/mol. The van der Waals surface area contributed by atoms with Crippen LogP contribution in [0.2, 0.25) is 0 Å². The van der Waals surface area contributed by atoms with Gasteiger partial charge in [0.1, 0.15) is 5.82 Å². The summed E-state index contributed by atoms with van der Waals surface area (Å²) < 4.78 is 29.6. The van der Waals surface area contributed by atoms with E-state index in [9.17, 15) is 13.6 Å². The lowest BCUT2D eigenvalue weighted by molar-refractivity contribution is 0.0500. The van der Waals surface area contributed by atoms with Gasteiger partial charge < -0.3 is 10.6 Å². The van der Waals surface area contributed by atoms with Gasteiger partial charge in [-0.05, 0) is 58.2 Å². The number of rotatable bonds is 6. The summed E-state index contributed by atoms with van der Waals surface area (Å²) in [5.41, 5.74) is 6.17. The lowest BCUT2D eigenvalue weighted by Crippen LogP contribution is -2.55. The molecule has 0 aliphatic carbocycles. The van der Waals surface area contributed by atoms with E-state index in [0.29, 0.717) is 17.3 Å². The second-order valence-corrected chi connectivity index (χ2v) is 10.1. The molecule has 2 atom stereocenters. The van der Waals surface area contributed by atoms with E-state index in [1.807, 2.05) is 0 Å². The Balaban J connectivity index is 1.38. The van der Waals surface area contributed by atoms with Crippen LogP contribution in [-0.2, 0) is 0 Å². The fraction of sp³-hybridized carbons (Fsp3) is 0.458. The number of nitrogens with one attached hydrogen (secondary N) is 4. The normalized spacial score (nSPS) is 23.6. The van der Waals surface area contributed by atoms with E-state index in [1.54, 1.807) is 7.05 Å². The minimum atomic E-state index is -0.598. The van der Waals surface area contributed by atoms with Crippen LogP contribution in [-0.4, -0.2) is 57.1 Å². The molecular formula is C24H31F2N9O. The molecule has 3 saturated heterocycles. The first-order chi connectivity index (χ1) is 17.2. The summed E-state index contributed by atoms with van der Waals surface area (Å²) in [5, 5.41) is 8.55. The van der Waals surface area contributed by atoms with Gasteiger partial charge in [0, 0.05) is 30.2 Å². The van der Waals surface area contributed by atoms with E-state index < -0.39 is 17.7 Å². The highest BCUT2D eigenvalue weighted by molar-refractivity contribution is 5.95. The van der Waals surface area contributed by atoms with Gasteiger partial charge in [-0.25, -0.2) is 28.6 Å². The molecule has 4 heterocycles. The molecule has 36 heavy (non-hydrogen) atoms. The molecule has 5 rings (SSSR count). The molecule has 192 valence electrons. The van der Waals surface area contributed by atoms with Crippen molar-refractivity contribution in [3.63, 3.8) is 0 Å². The predicted octanol–water partition coefficient (Wildman–Crippen LogP) is 3.75. The van der Waals surface area contributed by atoms with Crippen LogP contribution in [0, 0.1) is 11.6 Å². The molecular weight excluding hydrogens is 468 g/mol. The Morgan fingerprint density at radius 2 is 2.06 bits per heavy atom. The first kappa shape index (κ1) is 24.3. The SMILES string of the molecule is C=Cc1cc(F)c(Nc2ncc(F)c(N[C@@H]3C[C@@H]4CCCN4C(C)(C)C3)n2)cc1N1NNN(C)C1=O. The Hall–Kier alpha value is -3.35. The zero-order valence-corrected chi connectivity index (χ0v) is 20.6. The van der Waals surface area contributed by atoms with Crippen molar-refractivity contribution in [2.24, 2.45) is 0 Å². The highest BCUT2D eigenvalue weighted by Crippen LogP contribution is 2.38. The Kier molecular flexibility index (Phi) is 6.27. The summed E-state index contributed by atoms with van der Waals surface area (Å²) in [6.45, 7) is 9.26. The van der Waals surface area contributed by atoms with Crippen molar-refractivity contribution in [2.45, 2.75) is 57.2 Å². The van der Waals surface area contributed by atoms with Crippen LogP contribution in [0.25, 0.3) is 6.08 Å². The minimum Gasteiger partial charge on any atom is -0.365 e. The summed E-state index contributed by atoms with van der Waals surface area (Å²) in [6.07, 6.45) is 6.60. The highest BCUT2D eigenvalue weighted by Gasteiger charge is 2.43. The van der Waals surface area contributed by atoms with Gasteiger partial charge in [0.25, 0.3) is 0 Å². The Morgan fingerprint density at radius 3 is 2.78 bits per heavy atom. The predicted molar refractivity (Wildman–Crippen MR) is 134 cm³/mol. The number of urea groups is 1. The average Bonchev–Trinajstić information content (AvgIpc) is 3.44. The lowest BCUT2D eigenvalue weighted by Gasteiger charge is -2.47. The third-order valence-corrected chi connectivity index (χ3v) is 7.17. The van der Waals surface area contributed by atoms with Gasteiger partial charge >= 0.3 is 6.03 Å². The van der Waals surface area contributed by atoms with Gasteiger partial charge in [0.15, 0.2) is 11.6 Å². The maximum atomic E-state index is 14.9. The number of benzene rings is 1. The largest absolute Gasteiger partial charge is 0.365 e. The van der Waals surface area contributed by atoms with Crippen LogP contribution in [0.3, 0.4) is 0 Å². The molecule has 0 radical (unpaired) electrons. The van der Waals surface area contributed by atoms with Gasteiger partial charge in [-0.2, -0.15) is 4.98 Å². The van der Waals surface area contributed by atoms with E-state index in [0.717, 1.165) is 32.0 Å². The number of hydrogen-bond donors (Lipinski definition) is 4. The second-order valence-electron chi connectivity index (χ2n) is 10.1. The Labute approximate surface area is 208 Å². The van der Waals surface area contributed by atoms with Crippen LogP contribution >= 0.6 is 0 Å². The maximum Gasteiger partial charge on any atom is 0.355 e. The van der Waals surface area contributed by atoms with Crippen molar-refractivity contribution in [3.05, 3.63) is 42.1 Å². The zero-order valence-electron chi connectivity index (χ0n) is 20.6. The smallest absolute Gasteiger partial charge is 0.355 e. The molecule has 2 amide bonds. The molecule has 0 saturated carbocycles. The topological polar surface area (TPSA) is 101 Å². The molecule has 10 nitrogen and oxygen atoms in total. The van der Waals surface area contributed by atoms with Crippen molar-refractivity contribution in [1.29, 1.82) is 0 Å². The third-order valence-electron chi connectivity index (χ3n) is 7.17. The number of hydrogen-bond acceptors (Lipinski definition) is 8. The zero-order chi connectivity index (χ0) is 25.6.